The molecule has 0 fully saturated rings. The third-order valence-electron chi connectivity index (χ3n) is 11.3. The van der Waals surface area contributed by atoms with Gasteiger partial charge in [0.15, 0.2) is 0 Å². The van der Waals surface area contributed by atoms with Gasteiger partial charge in [-0.25, -0.2) is 9.59 Å². The van der Waals surface area contributed by atoms with E-state index in [1.54, 1.807) is 58.9 Å². The van der Waals surface area contributed by atoms with Gasteiger partial charge in [-0.3, -0.25) is 18.7 Å². The topological polar surface area (TPSA) is 298 Å². The molecule has 384 valence electrons. The Balaban J connectivity index is 0.000000682. The van der Waals surface area contributed by atoms with E-state index in [0.717, 1.165) is 22.3 Å². The Kier molecular flexibility index (Phi) is 26.8. The van der Waals surface area contributed by atoms with Crippen LogP contribution in [-0.4, -0.2) is 101 Å². The number of phenolic OH excluding ortho intramolecular Hbond substituents is 2. The Morgan fingerprint density at radius 3 is 1.39 bits per heavy atom. The van der Waals surface area contributed by atoms with Crippen molar-refractivity contribution in [3.63, 3.8) is 0 Å². The zero-order valence-electron chi connectivity index (χ0n) is 41.7. The van der Waals surface area contributed by atoms with E-state index in [1.165, 1.54) is 20.3 Å². The number of methoxy groups -OCH3 is 2. The summed E-state index contributed by atoms with van der Waals surface area (Å²) < 4.78 is 60.5. The smallest absolute Gasteiger partial charge is 0.870 e. The number of ether oxygens (including phenoxy) is 4. The van der Waals surface area contributed by atoms with Crippen LogP contribution in [0, 0.1) is 25.7 Å². The molecule has 70 heavy (non-hydrogen) atoms. The van der Waals surface area contributed by atoms with Crippen LogP contribution >= 0.6 is 15.2 Å². The molecule has 3 unspecified atom stereocenters. The van der Waals surface area contributed by atoms with Crippen LogP contribution in [0.2, 0.25) is 0 Å². The summed E-state index contributed by atoms with van der Waals surface area (Å²) in [6.45, 7) is 13.1. The summed E-state index contributed by atoms with van der Waals surface area (Å²) in [5.41, 5.74) is 5.46. The average molecular weight is 1020 g/mol. The molecule has 0 amide bonds. The molecule has 0 saturated carbocycles. The van der Waals surface area contributed by atoms with E-state index >= 15 is 0 Å². The Labute approximate surface area is 421 Å². The summed E-state index contributed by atoms with van der Waals surface area (Å²) in [5, 5.41) is 40.6. The number of hydrogen-bond acceptors (Lipinski definition) is 16. The molecule has 2 aromatic carbocycles. The molecule has 2 aliphatic rings. The van der Waals surface area contributed by atoms with Crippen molar-refractivity contribution in [1.29, 1.82) is 0 Å². The van der Waals surface area contributed by atoms with Crippen LogP contribution in [0.5, 0.6) is 23.0 Å². The molecule has 0 aromatic heterocycles. The first-order chi connectivity index (χ1) is 32.1. The molecule has 0 aliphatic carbocycles. The fraction of sp³-hybridized carbons (Fsp3) is 0.500. The van der Waals surface area contributed by atoms with Crippen LogP contribution in [0.4, 0.5) is 0 Å². The van der Waals surface area contributed by atoms with E-state index in [1.807, 2.05) is 19.9 Å². The van der Waals surface area contributed by atoms with Crippen LogP contribution in [0.1, 0.15) is 114 Å². The Morgan fingerprint density at radius 2 is 1.04 bits per heavy atom. The van der Waals surface area contributed by atoms with Gasteiger partial charge in [-0.1, -0.05) is 47.6 Å². The van der Waals surface area contributed by atoms with Crippen molar-refractivity contribution in [3.8, 4) is 23.0 Å². The summed E-state index contributed by atoms with van der Waals surface area (Å²) in [7, 11) is -3.93. The number of carboxylic acids is 2. The van der Waals surface area contributed by atoms with E-state index < -0.39 is 50.9 Å². The number of rotatable bonds is 26. The maximum atomic E-state index is 12.5. The van der Waals surface area contributed by atoms with Gasteiger partial charge in [-0.2, -0.15) is 0 Å². The number of aliphatic carboxylic acids is 2. The van der Waals surface area contributed by atoms with Gasteiger partial charge in [0.1, 0.15) is 47.3 Å². The third-order valence-corrected chi connectivity index (χ3v) is 14.6. The van der Waals surface area contributed by atoms with Gasteiger partial charge in [0.05, 0.1) is 58.2 Å². The summed E-state index contributed by atoms with van der Waals surface area (Å²) >= 11 is 0. The van der Waals surface area contributed by atoms with Crippen molar-refractivity contribution >= 4 is 39.1 Å². The number of cyclic esters (lactones) is 2. The Morgan fingerprint density at radius 1 is 0.671 bits per heavy atom. The number of phenols is 2. The molecule has 0 radical (unpaired) electrons. The van der Waals surface area contributed by atoms with Gasteiger partial charge in [0, 0.05) is 22.3 Å². The number of benzene rings is 2. The SMILES string of the molecule is CCOP(=O)(C/C=C/CC(C/C(C)=C/Cc1c(O)c2c(c(C)c1OC)COC2=O)C(=O)O)OCC.CCOP(=O)(O)C/C=C/CC(C/C(C)=C/Cc1c(O)c2c(c(C)c1OC)COC2=O)C(=O)O.[Li+].[OH-]. The number of fused-ring (bicyclic) bond motifs is 2. The maximum absolute atomic E-state index is 12.5. The summed E-state index contributed by atoms with van der Waals surface area (Å²) in [6, 6.07) is 0. The predicted octanol–water partition coefficient (Wildman–Crippen LogP) is 6.13. The van der Waals surface area contributed by atoms with Crippen molar-refractivity contribution in [2.24, 2.45) is 11.8 Å². The van der Waals surface area contributed by atoms with Crippen LogP contribution < -0.4 is 28.3 Å². The van der Waals surface area contributed by atoms with Crippen molar-refractivity contribution in [3.05, 3.63) is 92.1 Å². The second-order valence-electron chi connectivity index (χ2n) is 16.1. The quantitative estimate of drug-likeness (QED) is 0.0306. The van der Waals surface area contributed by atoms with Crippen LogP contribution in [0.3, 0.4) is 0 Å². The molecule has 0 saturated heterocycles. The van der Waals surface area contributed by atoms with E-state index in [0.29, 0.717) is 33.8 Å². The number of carbonyl (C=O) groups is 4. The first-order valence-corrected chi connectivity index (χ1v) is 25.7. The van der Waals surface area contributed by atoms with Gasteiger partial charge >= 0.3 is 57.9 Å². The number of allylic oxidation sites excluding steroid dienone is 8. The van der Waals surface area contributed by atoms with E-state index in [2.05, 4.69) is 0 Å². The van der Waals surface area contributed by atoms with Crippen molar-refractivity contribution in [2.45, 2.75) is 100 Å². The minimum Gasteiger partial charge on any atom is -0.870 e. The van der Waals surface area contributed by atoms with Crippen LogP contribution in [-0.2, 0) is 67.8 Å². The van der Waals surface area contributed by atoms with Gasteiger partial charge in [-0.15, -0.1) is 0 Å². The minimum absolute atomic E-state index is 0. The van der Waals surface area contributed by atoms with E-state index in [-0.39, 0.29) is 131 Å². The zero-order chi connectivity index (χ0) is 50.9. The molecule has 2 heterocycles. The second-order valence-corrected chi connectivity index (χ2v) is 20.1. The monoisotopic (exact) mass is 1020 g/mol. The summed E-state index contributed by atoms with van der Waals surface area (Å²) in [4.78, 5) is 57.1. The molecule has 4 rings (SSSR count). The Hall–Kier alpha value is -4.66. The molecule has 2 aromatic rings. The maximum Gasteiger partial charge on any atom is 1.00 e. The summed E-state index contributed by atoms with van der Waals surface area (Å²) in [6.07, 6.45) is 11.3. The average Bonchev–Trinajstić information content (AvgIpc) is 3.87. The molecule has 19 nitrogen and oxygen atoms in total. The minimum atomic E-state index is -3.69. The van der Waals surface area contributed by atoms with Gasteiger partial charge in [-0.05, 0) is 98.1 Å². The molecule has 2 aliphatic heterocycles. The van der Waals surface area contributed by atoms with Crippen LogP contribution in [0.15, 0.2) is 47.6 Å². The molecular formula is C48H67LiO19P2. The number of carboxylic acid groups (broad SMARTS) is 2. The predicted molar refractivity (Wildman–Crippen MR) is 255 cm³/mol. The third kappa shape index (κ3) is 17.3. The van der Waals surface area contributed by atoms with Gasteiger partial charge in [0.2, 0.25) is 0 Å². The van der Waals surface area contributed by atoms with Crippen molar-refractivity contribution in [2.75, 3.05) is 46.4 Å². The summed E-state index contributed by atoms with van der Waals surface area (Å²) in [5.74, 6) is -3.89. The molecule has 22 heteroatoms. The number of carbonyl (C=O) groups excluding carboxylic acids is 2. The van der Waals surface area contributed by atoms with Crippen molar-refractivity contribution in [1.82, 2.24) is 0 Å². The van der Waals surface area contributed by atoms with Crippen molar-refractivity contribution < 1.29 is 110 Å². The number of esters is 2. The first-order valence-electron chi connectivity index (χ1n) is 22.2. The normalized spacial score (nSPS) is 15.1. The number of hydrogen-bond donors (Lipinski definition) is 5. The van der Waals surface area contributed by atoms with Gasteiger partial charge in [0.25, 0.3) is 0 Å². The first kappa shape index (κ1) is 63.4. The van der Waals surface area contributed by atoms with Gasteiger partial charge < -0.3 is 63.3 Å². The standard InChI is InChI=1S/C25H35O9P.C23H31O9P.Li.H2O/c1-6-33-35(30,34-7-2)13-9-8-10-18(24(27)28)14-16(3)11-12-19-22(26)21-20(15-32-25(21)29)17(4)23(19)31-5;1-5-32-33(28,29)11-7-6-8-16(22(25)26)12-14(2)9-10-17-20(24)19-18(13-31-23(19)27)15(3)21(17)30-4;;/h8-9,11,18,26H,6-7,10,12-15H2,1-5H3,(H,27,28);6-7,9,16,24H,5,8,10-13H2,1-4H3,(H,25,26)(H,28,29);;1H2/q;;+1;/p-1/b9-8+,16-11+;7-6+,14-9+;;. The second kappa shape index (κ2) is 29.6. The Bertz CT molecular complexity index is 2380. The molecule has 3 atom stereocenters. The fourth-order valence-electron chi connectivity index (χ4n) is 7.82. The molecule has 0 spiro atoms. The number of aromatic hydroxyl groups is 2. The molecule has 6 N–H and O–H groups in total. The van der Waals surface area contributed by atoms with E-state index in [4.69, 9.17) is 32.5 Å². The fourth-order valence-corrected chi connectivity index (χ4v) is 10.2. The molecule has 0 bridgehead atoms. The molecular weight excluding hydrogens is 949 g/mol. The largest absolute Gasteiger partial charge is 1.00 e. The van der Waals surface area contributed by atoms with E-state index in [9.17, 15) is 53.6 Å². The van der Waals surface area contributed by atoms with Crippen LogP contribution in [0.25, 0.3) is 0 Å². The zero-order valence-corrected chi connectivity index (χ0v) is 43.5.